The number of hydrogen-bond donors (Lipinski definition) is 1. The van der Waals surface area contributed by atoms with Gasteiger partial charge in [0.1, 0.15) is 0 Å². The number of carbonyl (C=O) groups is 1. The molecule has 4 heteroatoms. The highest BCUT2D eigenvalue weighted by atomic mass is 35.5. The van der Waals surface area contributed by atoms with Crippen molar-refractivity contribution in [3.63, 3.8) is 0 Å². The molecule has 0 aromatic rings. The molecule has 0 unspecified atom stereocenters. The van der Waals surface area contributed by atoms with Crippen LogP contribution >= 0.6 is 12.4 Å². The first kappa shape index (κ1) is 18.7. The number of hydrogen-bond acceptors (Lipinski definition) is 2. The van der Waals surface area contributed by atoms with E-state index in [4.69, 9.17) is 5.73 Å². The van der Waals surface area contributed by atoms with Gasteiger partial charge in [-0.3, -0.25) is 4.79 Å². The summed E-state index contributed by atoms with van der Waals surface area (Å²) in [6.07, 6.45) is 8.69. The molecule has 1 amide bonds. The van der Waals surface area contributed by atoms with Crippen LogP contribution in [0.2, 0.25) is 0 Å². The maximum absolute atomic E-state index is 12.1. The van der Waals surface area contributed by atoms with Crippen molar-refractivity contribution in [2.45, 2.75) is 65.2 Å². The Labute approximate surface area is 124 Å². The van der Waals surface area contributed by atoms with Gasteiger partial charge in [-0.2, -0.15) is 0 Å². The van der Waals surface area contributed by atoms with Gasteiger partial charge < -0.3 is 10.6 Å². The fourth-order valence-corrected chi connectivity index (χ4v) is 2.60. The molecular formula is C15H31ClN2O. The Kier molecular flexibility index (Phi) is 9.46. The summed E-state index contributed by atoms with van der Waals surface area (Å²) in [5.74, 6) is 0.362. The molecule has 0 atom stereocenters. The van der Waals surface area contributed by atoms with Crippen molar-refractivity contribution in [1.82, 2.24) is 4.90 Å². The van der Waals surface area contributed by atoms with Gasteiger partial charge >= 0.3 is 0 Å². The van der Waals surface area contributed by atoms with Crippen LogP contribution in [0.25, 0.3) is 0 Å². The molecule has 0 radical (unpaired) electrons. The molecule has 0 aromatic heterocycles. The van der Waals surface area contributed by atoms with Crippen LogP contribution in [0.4, 0.5) is 0 Å². The first-order valence-corrected chi connectivity index (χ1v) is 7.53. The van der Waals surface area contributed by atoms with E-state index in [1.807, 2.05) is 0 Å². The number of nitrogens with two attached hydrogens (primary N) is 1. The second-order valence-corrected chi connectivity index (χ2v) is 6.35. The zero-order valence-corrected chi connectivity index (χ0v) is 13.4. The Balaban J connectivity index is 0.00000324. The van der Waals surface area contributed by atoms with E-state index < -0.39 is 0 Å². The Morgan fingerprint density at radius 3 is 2.47 bits per heavy atom. The van der Waals surface area contributed by atoms with Crippen molar-refractivity contribution in [1.29, 1.82) is 0 Å². The smallest absolute Gasteiger partial charge is 0.222 e. The first-order valence-electron chi connectivity index (χ1n) is 7.53. The minimum Gasteiger partial charge on any atom is -0.343 e. The van der Waals surface area contributed by atoms with Gasteiger partial charge in [0.15, 0.2) is 0 Å². The van der Waals surface area contributed by atoms with E-state index in [1.165, 1.54) is 6.42 Å². The number of rotatable bonds is 6. The lowest BCUT2D eigenvalue weighted by molar-refractivity contribution is -0.131. The fourth-order valence-electron chi connectivity index (χ4n) is 2.60. The molecule has 0 saturated carbocycles. The van der Waals surface area contributed by atoms with Crippen molar-refractivity contribution in [3.8, 4) is 0 Å². The molecule has 1 aliphatic rings. The summed E-state index contributed by atoms with van der Waals surface area (Å²) < 4.78 is 0. The van der Waals surface area contributed by atoms with Crippen molar-refractivity contribution in [2.75, 3.05) is 19.6 Å². The summed E-state index contributed by atoms with van der Waals surface area (Å²) in [6, 6.07) is 0. The van der Waals surface area contributed by atoms with Crippen LogP contribution in [-0.4, -0.2) is 30.4 Å². The molecule has 114 valence electrons. The molecule has 0 bridgehead atoms. The second kappa shape index (κ2) is 9.60. The largest absolute Gasteiger partial charge is 0.343 e. The average Bonchev–Trinajstić information content (AvgIpc) is 2.50. The van der Waals surface area contributed by atoms with Gasteiger partial charge in [0, 0.05) is 19.5 Å². The monoisotopic (exact) mass is 290 g/mol. The third-order valence-electron chi connectivity index (χ3n) is 4.04. The first-order chi connectivity index (χ1) is 8.55. The number of nitrogens with zero attached hydrogens (tertiary/aromatic N) is 1. The maximum atomic E-state index is 12.1. The lowest BCUT2D eigenvalue weighted by Gasteiger charge is -2.23. The van der Waals surface area contributed by atoms with Crippen LogP contribution in [0.5, 0.6) is 0 Å². The quantitative estimate of drug-likeness (QED) is 0.763. The van der Waals surface area contributed by atoms with Gasteiger partial charge in [0.05, 0.1) is 0 Å². The van der Waals surface area contributed by atoms with Gasteiger partial charge in [-0.15, -0.1) is 12.4 Å². The summed E-state index contributed by atoms with van der Waals surface area (Å²) >= 11 is 0. The fraction of sp³-hybridized carbons (Fsp3) is 0.933. The number of halogens is 1. The van der Waals surface area contributed by atoms with Crippen molar-refractivity contribution >= 4 is 18.3 Å². The predicted molar refractivity (Wildman–Crippen MR) is 83.6 cm³/mol. The zero-order chi connectivity index (χ0) is 13.4. The van der Waals surface area contributed by atoms with E-state index >= 15 is 0 Å². The van der Waals surface area contributed by atoms with Crippen molar-refractivity contribution in [3.05, 3.63) is 0 Å². The van der Waals surface area contributed by atoms with Crippen LogP contribution in [0.15, 0.2) is 0 Å². The van der Waals surface area contributed by atoms with Gasteiger partial charge in [-0.25, -0.2) is 0 Å². The maximum Gasteiger partial charge on any atom is 0.222 e. The SMILES string of the molecule is CC1(C)CCCN(C(=O)CCCCCCN)CC1.Cl. The summed E-state index contributed by atoms with van der Waals surface area (Å²) in [5, 5.41) is 0. The highest BCUT2D eigenvalue weighted by Gasteiger charge is 2.24. The van der Waals surface area contributed by atoms with Gasteiger partial charge in [-0.1, -0.05) is 26.7 Å². The third kappa shape index (κ3) is 7.78. The van der Waals surface area contributed by atoms with E-state index in [-0.39, 0.29) is 12.4 Å². The van der Waals surface area contributed by atoms with Gasteiger partial charge in [0.2, 0.25) is 5.91 Å². The Morgan fingerprint density at radius 2 is 1.79 bits per heavy atom. The Hall–Kier alpha value is -0.280. The number of likely N-dealkylation sites (tertiary alicyclic amines) is 1. The summed E-state index contributed by atoms with van der Waals surface area (Å²) in [6.45, 7) is 7.32. The molecule has 2 N–H and O–H groups in total. The Bertz CT molecular complexity index is 257. The lowest BCUT2D eigenvalue weighted by atomic mass is 9.85. The average molecular weight is 291 g/mol. The molecule has 1 saturated heterocycles. The minimum atomic E-state index is 0. The van der Waals surface area contributed by atoms with E-state index in [1.54, 1.807) is 0 Å². The van der Waals surface area contributed by atoms with Crippen molar-refractivity contribution < 1.29 is 4.79 Å². The molecule has 1 aliphatic heterocycles. The lowest BCUT2D eigenvalue weighted by Crippen LogP contribution is -2.32. The molecule has 1 heterocycles. The molecule has 1 fully saturated rings. The molecule has 3 nitrogen and oxygen atoms in total. The molecular weight excluding hydrogens is 260 g/mol. The highest BCUT2D eigenvalue weighted by molar-refractivity contribution is 5.85. The summed E-state index contributed by atoms with van der Waals surface area (Å²) in [4.78, 5) is 14.2. The standard InChI is InChI=1S/C15H30N2O.ClH/c1-15(2)9-7-12-17(13-10-15)14(18)8-5-3-4-6-11-16;/h3-13,16H2,1-2H3;1H. The van der Waals surface area contributed by atoms with E-state index in [9.17, 15) is 4.79 Å². The summed E-state index contributed by atoms with van der Waals surface area (Å²) in [5.41, 5.74) is 5.87. The topological polar surface area (TPSA) is 46.3 Å². The van der Waals surface area contributed by atoms with Crippen molar-refractivity contribution in [2.24, 2.45) is 11.1 Å². The van der Waals surface area contributed by atoms with E-state index in [0.717, 1.165) is 64.6 Å². The predicted octanol–water partition coefficient (Wildman–Crippen LogP) is 3.36. The zero-order valence-electron chi connectivity index (χ0n) is 12.6. The highest BCUT2D eigenvalue weighted by Crippen LogP contribution is 2.29. The van der Waals surface area contributed by atoms with Crippen LogP contribution in [-0.2, 0) is 4.79 Å². The molecule has 0 spiro atoms. The van der Waals surface area contributed by atoms with Gasteiger partial charge in [-0.05, 0) is 44.1 Å². The number of carbonyl (C=O) groups excluding carboxylic acids is 1. The van der Waals surface area contributed by atoms with Crippen LogP contribution < -0.4 is 5.73 Å². The third-order valence-corrected chi connectivity index (χ3v) is 4.04. The molecule has 19 heavy (non-hydrogen) atoms. The normalized spacial score (nSPS) is 18.6. The molecule has 1 rings (SSSR count). The van der Waals surface area contributed by atoms with E-state index in [2.05, 4.69) is 18.7 Å². The molecule has 0 aromatic carbocycles. The van der Waals surface area contributed by atoms with Crippen LogP contribution in [0.1, 0.15) is 65.2 Å². The number of unbranched alkanes of at least 4 members (excludes halogenated alkanes) is 3. The van der Waals surface area contributed by atoms with Crippen LogP contribution in [0.3, 0.4) is 0 Å². The summed E-state index contributed by atoms with van der Waals surface area (Å²) in [7, 11) is 0. The minimum absolute atomic E-state index is 0. The van der Waals surface area contributed by atoms with Gasteiger partial charge in [0.25, 0.3) is 0 Å². The second-order valence-electron chi connectivity index (χ2n) is 6.35. The number of amides is 1. The Morgan fingerprint density at radius 1 is 1.11 bits per heavy atom. The van der Waals surface area contributed by atoms with Crippen LogP contribution in [0, 0.1) is 5.41 Å². The molecule has 0 aliphatic carbocycles. The van der Waals surface area contributed by atoms with E-state index in [0.29, 0.717) is 11.3 Å².